The minimum Gasteiger partial charge on any atom is -0.449 e. The van der Waals surface area contributed by atoms with Gasteiger partial charge >= 0.3 is 12.1 Å². The molecule has 0 aromatic heterocycles. The third-order valence-electron chi connectivity index (χ3n) is 2.19. The number of benzene rings is 1. The number of ether oxygens (including phenoxy) is 1. The fraction of sp³-hybridized carbons (Fsp3) is 0.333. The number of anilines is 1. The van der Waals surface area contributed by atoms with Gasteiger partial charge in [-0.15, -0.1) is 0 Å². The van der Waals surface area contributed by atoms with Gasteiger partial charge in [0.25, 0.3) is 0 Å². The monoisotopic (exact) mass is 275 g/mol. The van der Waals surface area contributed by atoms with Gasteiger partial charge in [0.1, 0.15) is 0 Å². The summed E-state index contributed by atoms with van der Waals surface area (Å²) in [6.07, 6.45) is -6.76. The van der Waals surface area contributed by atoms with Gasteiger partial charge in [0.15, 0.2) is 6.10 Å². The summed E-state index contributed by atoms with van der Waals surface area (Å²) in [5, 5.41) is 2.46. The van der Waals surface area contributed by atoms with E-state index >= 15 is 0 Å². The standard InChI is InChI=1S/C12H12F3NO3/c1-7(12(13,14)15)19-11(18)9-3-5-10(6-4-9)16-8(2)17/h3-7H,1-2H3,(H,16,17)/t7-/m1/s1. The van der Waals surface area contributed by atoms with Crippen LogP contribution in [-0.2, 0) is 9.53 Å². The molecule has 19 heavy (non-hydrogen) atoms. The Balaban J connectivity index is 2.71. The molecular weight excluding hydrogens is 263 g/mol. The van der Waals surface area contributed by atoms with Crippen LogP contribution in [0.2, 0.25) is 0 Å². The Morgan fingerprint density at radius 3 is 2.16 bits per heavy atom. The zero-order valence-electron chi connectivity index (χ0n) is 10.2. The molecule has 0 aliphatic rings. The number of nitrogens with one attached hydrogen (secondary N) is 1. The molecule has 0 saturated carbocycles. The summed E-state index contributed by atoms with van der Waals surface area (Å²) in [7, 11) is 0. The molecule has 4 nitrogen and oxygen atoms in total. The van der Waals surface area contributed by atoms with Crippen molar-refractivity contribution in [3.63, 3.8) is 0 Å². The maximum atomic E-state index is 12.2. The van der Waals surface area contributed by atoms with Crippen molar-refractivity contribution in [2.75, 3.05) is 5.32 Å². The summed E-state index contributed by atoms with van der Waals surface area (Å²) in [4.78, 5) is 22.2. The highest BCUT2D eigenvalue weighted by molar-refractivity contribution is 5.92. The van der Waals surface area contributed by atoms with E-state index in [1.54, 1.807) is 0 Å². The van der Waals surface area contributed by atoms with Crippen LogP contribution in [0.3, 0.4) is 0 Å². The molecule has 0 spiro atoms. The molecule has 0 saturated heterocycles. The smallest absolute Gasteiger partial charge is 0.425 e. The SMILES string of the molecule is CC(=O)Nc1ccc(C(=O)O[C@H](C)C(F)(F)F)cc1. The molecule has 0 heterocycles. The summed E-state index contributed by atoms with van der Waals surface area (Å²) in [5.41, 5.74) is 0.415. The Kier molecular flexibility index (Phi) is 4.52. The lowest BCUT2D eigenvalue weighted by Crippen LogP contribution is -2.30. The first kappa shape index (κ1) is 15.0. The van der Waals surface area contributed by atoms with Crippen LogP contribution in [0, 0.1) is 0 Å². The van der Waals surface area contributed by atoms with Gasteiger partial charge in [0.05, 0.1) is 5.56 Å². The number of hydrogen-bond acceptors (Lipinski definition) is 3. The van der Waals surface area contributed by atoms with Gasteiger partial charge in [-0.3, -0.25) is 4.79 Å². The van der Waals surface area contributed by atoms with Crippen LogP contribution in [0.4, 0.5) is 18.9 Å². The van der Waals surface area contributed by atoms with Crippen LogP contribution in [-0.4, -0.2) is 24.2 Å². The van der Waals surface area contributed by atoms with Crippen LogP contribution in [0.15, 0.2) is 24.3 Å². The normalized spacial score (nSPS) is 12.7. The number of amides is 1. The molecule has 1 amide bonds. The Labute approximate surface area is 107 Å². The van der Waals surface area contributed by atoms with E-state index in [4.69, 9.17) is 0 Å². The lowest BCUT2D eigenvalue weighted by molar-refractivity contribution is -0.198. The maximum absolute atomic E-state index is 12.2. The van der Waals surface area contributed by atoms with E-state index in [9.17, 15) is 22.8 Å². The van der Waals surface area contributed by atoms with Crippen molar-refractivity contribution in [2.24, 2.45) is 0 Å². The first-order chi connectivity index (χ1) is 8.70. The highest BCUT2D eigenvalue weighted by Gasteiger charge is 2.39. The molecule has 1 atom stereocenters. The minimum atomic E-state index is -4.59. The van der Waals surface area contributed by atoms with Crippen LogP contribution < -0.4 is 5.32 Å². The number of esters is 1. The predicted molar refractivity (Wildman–Crippen MR) is 61.7 cm³/mol. The van der Waals surface area contributed by atoms with Crippen molar-refractivity contribution in [3.05, 3.63) is 29.8 Å². The van der Waals surface area contributed by atoms with E-state index in [1.807, 2.05) is 0 Å². The first-order valence-electron chi connectivity index (χ1n) is 5.35. The zero-order valence-corrected chi connectivity index (χ0v) is 10.2. The third-order valence-corrected chi connectivity index (χ3v) is 2.19. The molecule has 7 heteroatoms. The van der Waals surface area contributed by atoms with Gasteiger partial charge in [-0.25, -0.2) is 4.79 Å². The summed E-state index contributed by atoms with van der Waals surface area (Å²) >= 11 is 0. The fourth-order valence-corrected chi connectivity index (χ4v) is 1.19. The predicted octanol–water partition coefficient (Wildman–Crippen LogP) is 2.75. The lowest BCUT2D eigenvalue weighted by atomic mass is 10.2. The summed E-state index contributed by atoms with van der Waals surface area (Å²) in [6, 6.07) is 5.35. The van der Waals surface area contributed by atoms with Crippen molar-refractivity contribution >= 4 is 17.6 Å². The summed E-state index contributed by atoms with van der Waals surface area (Å²) < 4.78 is 40.9. The van der Waals surface area contributed by atoms with Gasteiger partial charge < -0.3 is 10.1 Å². The van der Waals surface area contributed by atoms with E-state index in [2.05, 4.69) is 10.1 Å². The molecule has 0 unspecified atom stereocenters. The molecule has 1 aromatic carbocycles. The first-order valence-corrected chi connectivity index (χ1v) is 5.35. The van der Waals surface area contributed by atoms with Crippen LogP contribution in [0.25, 0.3) is 0 Å². The molecule has 1 rings (SSSR count). The largest absolute Gasteiger partial charge is 0.449 e. The highest BCUT2D eigenvalue weighted by Crippen LogP contribution is 2.23. The number of alkyl halides is 3. The second-order valence-corrected chi connectivity index (χ2v) is 3.85. The highest BCUT2D eigenvalue weighted by atomic mass is 19.4. The minimum absolute atomic E-state index is 0.0230. The second kappa shape index (κ2) is 5.73. The Hall–Kier alpha value is -2.05. The van der Waals surface area contributed by atoms with Gasteiger partial charge in [0.2, 0.25) is 5.91 Å². The third kappa shape index (κ3) is 4.61. The van der Waals surface area contributed by atoms with Crippen molar-refractivity contribution in [3.8, 4) is 0 Å². The van der Waals surface area contributed by atoms with Gasteiger partial charge in [-0.1, -0.05) is 0 Å². The Bertz CT molecular complexity index is 468. The Morgan fingerprint density at radius 1 is 1.21 bits per heavy atom. The van der Waals surface area contributed by atoms with Crippen LogP contribution in [0.5, 0.6) is 0 Å². The molecule has 104 valence electrons. The number of carbonyl (C=O) groups is 2. The fourth-order valence-electron chi connectivity index (χ4n) is 1.19. The Morgan fingerprint density at radius 2 is 1.74 bits per heavy atom. The van der Waals surface area contributed by atoms with Crippen molar-refractivity contribution in [1.29, 1.82) is 0 Å². The van der Waals surface area contributed by atoms with Crippen molar-refractivity contribution in [2.45, 2.75) is 26.1 Å². The van der Waals surface area contributed by atoms with Crippen LogP contribution >= 0.6 is 0 Å². The maximum Gasteiger partial charge on any atom is 0.425 e. The topological polar surface area (TPSA) is 55.4 Å². The molecule has 0 aliphatic heterocycles. The summed E-state index contributed by atoms with van der Waals surface area (Å²) in [6.45, 7) is 2.07. The van der Waals surface area contributed by atoms with E-state index in [-0.39, 0.29) is 11.5 Å². The van der Waals surface area contributed by atoms with Gasteiger partial charge in [-0.05, 0) is 31.2 Å². The number of rotatable bonds is 3. The average molecular weight is 275 g/mol. The van der Waals surface area contributed by atoms with Crippen molar-refractivity contribution < 1.29 is 27.5 Å². The molecule has 1 aromatic rings. The molecule has 0 radical (unpaired) electrons. The number of carbonyl (C=O) groups excluding carboxylic acids is 2. The van der Waals surface area contributed by atoms with Gasteiger partial charge in [0, 0.05) is 12.6 Å². The van der Waals surface area contributed by atoms with E-state index < -0.39 is 18.2 Å². The van der Waals surface area contributed by atoms with E-state index in [0.717, 1.165) is 6.92 Å². The van der Waals surface area contributed by atoms with Crippen molar-refractivity contribution in [1.82, 2.24) is 0 Å². The molecule has 0 fully saturated rings. The lowest BCUT2D eigenvalue weighted by Gasteiger charge is -2.16. The average Bonchev–Trinajstić information content (AvgIpc) is 2.27. The summed E-state index contributed by atoms with van der Waals surface area (Å²) in [5.74, 6) is -1.36. The molecule has 0 aliphatic carbocycles. The second-order valence-electron chi connectivity index (χ2n) is 3.85. The van der Waals surface area contributed by atoms with Crippen LogP contribution in [0.1, 0.15) is 24.2 Å². The molecule has 1 N–H and O–H groups in total. The van der Waals surface area contributed by atoms with E-state index in [0.29, 0.717) is 5.69 Å². The zero-order chi connectivity index (χ0) is 14.6. The quantitative estimate of drug-likeness (QED) is 0.863. The van der Waals surface area contributed by atoms with E-state index in [1.165, 1.54) is 31.2 Å². The number of hydrogen-bond donors (Lipinski definition) is 1. The molecular formula is C12H12F3NO3. The number of halogens is 3. The van der Waals surface area contributed by atoms with Gasteiger partial charge in [-0.2, -0.15) is 13.2 Å². The molecule has 0 bridgehead atoms.